The molecule has 4 nitrogen and oxygen atoms in total. The molecule has 0 saturated heterocycles. The van der Waals surface area contributed by atoms with E-state index in [0.717, 1.165) is 0 Å². The van der Waals surface area contributed by atoms with Crippen molar-refractivity contribution in [1.82, 2.24) is 0 Å². The van der Waals surface area contributed by atoms with E-state index in [1.165, 1.54) is 12.1 Å². The normalized spacial score (nSPS) is 12.8. The van der Waals surface area contributed by atoms with Gasteiger partial charge >= 0.3 is 0 Å². The van der Waals surface area contributed by atoms with Gasteiger partial charge in [-0.3, -0.25) is 4.79 Å². The molecular weight excluding hydrogens is 287 g/mol. The molecule has 3 aromatic rings. The zero-order valence-corrected chi connectivity index (χ0v) is 11.7. The van der Waals surface area contributed by atoms with Gasteiger partial charge < -0.3 is 13.9 Å². The number of halogens is 1. The molecule has 4 rings (SSSR count). The number of hydrogen-bond donors (Lipinski definition) is 0. The van der Waals surface area contributed by atoms with Crippen LogP contribution in [-0.2, 0) is 0 Å². The third-order valence-electron chi connectivity index (χ3n) is 3.71. The maximum Gasteiger partial charge on any atom is 0.231 e. The van der Waals surface area contributed by atoms with Gasteiger partial charge in [-0.15, -0.1) is 0 Å². The molecule has 0 aliphatic carbocycles. The Bertz CT molecular complexity index is 942. The number of benzene rings is 2. The van der Waals surface area contributed by atoms with E-state index in [4.69, 9.17) is 13.9 Å². The van der Waals surface area contributed by atoms with Gasteiger partial charge in [0.1, 0.15) is 11.6 Å². The Hall–Kier alpha value is -2.82. The molecule has 0 N–H and O–H groups in total. The highest BCUT2D eigenvalue weighted by molar-refractivity contribution is 5.89. The topological polar surface area (TPSA) is 48.7 Å². The van der Waals surface area contributed by atoms with Crippen molar-refractivity contribution in [3.63, 3.8) is 0 Å². The van der Waals surface area contributed by atoms with Crippen LogP contribution in [0.4, 0.5) is 4.39 Å². The minimum atomic E-state index is -0.352. The zero-order chi connectivity index (χ0) is 15.3. The maximum atomic E-state index is 13.1. The summed E-state index contributed by atoms with van der Waals surface area (Å²) < 4.78 is 29.5. The van der Waals surface area contributed by atoms with Gasteiger partial charge in [0.15, 0.2) is 11.3 Å². The number of hydrogen-bond acceptors (Lipinski definition) is 4. The van der Waals surface area contributed by atoms with Crippen molar-refractivity contribution in [3.8, 4) is 22.6 Å². The molecule has 0 spiro atoms. The molecule has 1 aliphatic heterocycles. The molecule has 0 unspecified atom stereocenters. The predicted molar refractivity (Wildman–Crippen MR) is 78.7 cm³/mol. The summed E-state index contributed by atoms with van der Waals surface area (Å²) in [4.78, 5) is 12.8. The van der Waals surface area contributed by atoms with Crippen LogP contribution >= 0.6 is 0 Å². The zero-order valence-electron chi connectivity index (χ0n) is 11.7. The van der Waals surface area contributed by atoms with E-state index < -0.39 is 0 Å². The molecule has 2 aromatic carbocycles. The summed E-state index contributed by atoms with van der Waals surface area (Å²) in [6.45, 7) is 1.81. The molecule has 0 saturated carbocycles. The Labute approximate surface area is 124 Å². The van der Waals surface area contributed by atoms with Gasteiger partial charge in [-0.25, -0.2) is 4.39 Å². The lowest BCUT2D eigenvalue weighted by Gasteiger charge is -2.08. The van der Waals surface area contributed by atoms with Crippen molar-refractivity contribution in [2.24, 2.45) is 0 Å². The summed E-state index contributed by atoms with van der Waals surface area (Å²) in [7, 11) is 0. The summed E-state index contributed by atoms with van der Waals surface area (Å²) in [5.74, 6) is 1.11. The Morgan fingerprint density at radius 3 is 2.59 bits per heavy atom. The summed E-state index contributed by atoms with van der Waals surface area (Å²) in [5, 5.41) is 0.411. The van der Waals surface area contributed by atoms with Gasteiger partial charge in [-0.2, -0.15) is 0 Å². The summed E-state index contributed by atoms with van der Waals surface area (Å²) in [6, 6.07) is 9.10. The van der Waals surface area contributed by atoms with Gasteiger partial charge in [0.2, 0.25) is 18.0 Å². The van der Waals surface area contributed by atoms with Crippen LogP contribution in [0.2, 0.25) is 0 Å². The van der Waals surface area contributed by atoms with E-state index in [0.29, 0.717) is 39.4 Å². The van der Waals surface area contributed by atoms with Crippen LogP contribution in [0.15, 0.2) is 45.6 Å². The SMILES string of the molecule is Cc1oc2c3c(ccc2c(=O)c1-c1ccc(F)cc1)OCO3. The monoisotopic (exact) mass is 298 g/mol. The van der Waals surface area contributed by atoms with E-state index in [2.05, 4.69) is 0 Å². The minimum Gasteiger partial charge on any atom is -0.456 e. The molecule has 22 heavy (non-hydrogen) atoms. The first-order chi connectivity index (χ1) is 10.6. The Balaban J connectivity index is 2.04. The standard InChI is InChI=1S/C17H11FO4/c1-9-14(10-2-4-11(18)5-3-10)15(19)12-6-7-13-17(16(12)22-9)21-8-20-13/h2-7H,8H2,1H3. The average molecular weight is 298 g/mol. The van der Waals surface area contributed by atoms with Crippen LogP contribution < -0.4 is 14.9 Å². The second-order valence-corrected chi connectivity index (χ2v) is 5.05. The quantitative estimate of drug-likeness (QED) is 0.688. The molecule has 2 heterocycles. The first kappa shape index (κ1) is 12.9. The van der Waals surface area contributed by atoms with Crippen molar-refractivity contribution < 1.29 is 18.3 Å². The molecule has 0 atom stereocenters. The van der Waals surface area contributed by atoms with Gasteiger partial charge in [0.25, 0.3) is 0 Å². The summed E-state index contributed by atoms with van der Waals surface area (Å²) in [5.41, 5.74) is 1.24. The molecule has 5 heteroatoms. The Morgan fingerprint density at radius 1 is 1.05 bits per heavy atom. The molecule has 110 valence electrons. The predicted octanol–water partition coefficient (Wildman–Crippen LogP) is 3.64. The lowest BCUT2D eigenvalue weighted by Crippen LogP contribution is -2.07. The van der Waals surface area contributed by atoms with Crippen LogP contribution in [-0.4, -0.2) is 6.79 Å². The smallest absolute Gasteiger partial charge is 0.231 e. The van der Waals surface area contributed by atoms with E-state index in [1.807, 2.05) is 0 Å². The minimum absolute atomic E-state index is 0.108. The second kappa shape index (κ2) is 4.59. The maximum absolute atomic E-state index is 13.1. The van der Waals surface area contributed by atoms with Crippen molar-refractivity contribution in [1.29, 1.82) is 0 Å². The fourth-order valence-corrected chi connectivity index (χ4v) is 2.68. The summed E-state index contributed by atoms with van der Waals surface area (Å²) >= 11 is 0. The summed E-state index contributed by atoms with van der Waals surface area (Å²) in [6.07, 6.45) is 0. The average Bonchev–Trinajstić information content (AvgIpc) is 2.98. The van der Waals surface area contributed by atoms with Gasteiger partial charge in [-0.1, -0.05) is 12.1 Å². The molecule has 0 bridgehead atoms. The van der Waals surface area contributed by atoms with E-state index >= 15 is 0 Å². The first-order valence-corrected chi connectivity index (χ1v) is 6.77. The number of aryl methyl sites for hydroxylation is 1. The molecule has 0 fully saturated rings. The molecule has 0 amide bonds. The van der Waals surface area contributed by atoms with Gasteiger partial charge in [-0.05, 0) is 36.8 Å². The highest BCUT2D eigenvalue weighted by Crippen LogP contribution is 2.39. The van der Waals surface area contributed by atoms with Crippen molar-refractivity contribution in [2.45, 2.75) is 6.92 Å². The fourth-order valence-electron chi connectivity index (χ4n) is 2.68. The molecule has 1 aromatic heterocycles. The molecule has 1 aliphatic rings. The van der Waals surface area contributed by atoms with Crippen molar-refractivity contribution in [2.75, 3.05) is 6.79 Å². The third-order valence-corrected chi connectivity index (χ3v) is 3.71. The van der Waals surface area contributed by atoms with Crippen molar-refractivity contribution >= 4 is 11.0 Å². The largest absolute Gasteiger partial charge is 0.456 e. The highest BCUT2D eigenvalue weighted by Gasteiger charge is 2.22. The number of rotatable bonds is 1. The van der Waals surface area contributed by atoms with E-state index in [1.54, 1.807) is 31.2 Å². The van der Waals surface area contributed by atoms with E-state index in [-0.39, 0.29) is 18.0 Å². The molecular formula is C17H11FO4. The van der Waals surface area contributed by atoms with Gasteiger partial charge in [0.05, 0.1) is 10.9 Å². The van der Waals surface area contributed by atoms with Gasteiger partial charge in [0, 0.05) is 0 Å². The van der Waals surface area contributed by atoms with Crippen LogP contribution in [0.1, 0.15) is 5.76 Å². The second-order valence-electron chi connectivity index (χ2n) is 5.05. The third kappa shape index (κ3) is 1.79. The highest BCUT2D eigenvalue weighted by atomic mass is 19.1. The van der Waals surface area contributed by atoms with Crippen LogP contribution in [0.25, 0.3) is 22.1 Å². The van der Waals surface area contributed by atoms with Crippen LogP contribution in [0.5, 0.6) is 11.5 Å². The van der Waals surface area contributed by atoms with E-state index in [9.17, 15) is 9.18 Å². The lowest BCUT2D eigenvalue weighted by molar-refractivity contribution is 0.174. The van der Waals surface area contributed by atoms with Crippen molar-refractivity contribution in [3.05, 3.63) is 58.2 Å². The fraction of sp³-hybridized carbons (Fsp3) is 0.118. The number of fused-ring (bicyclic) bond motifs is 3. The Morgan fingerprint density at radius 2 is 1.82 bits per heavy atom. The first-order valence-electron chi connectivity index (χ1n) is 6.77. The lowest BCUT2D eigenvalue weighted by atomic mass is 10.0. The Kier molecular flexibility index (Phi) is 2.69. The number of ether oxygens (including phenoxy) is 2. The van der Waals surface area contributed by atoms with Crippen LogP contribution in [0.3, 0.4) is 0 Å². The van der Waals surface area contributed by atoms with Crippen LogP contribution in [0, 0.1) is 12.7 Å². The molecule has 0 radical (unpaired) electrons.